The summed E-state index contributed by atoms with van der Waals surface area (Å²) in [5, 5.41) is 2.02. The van der Waals surface area contributed by atoms with Crippen LogP contribution in [-0.4, -0.2) is 6.54 Å². The topological polar surface area (TPSA) is 69.4 Å². The second-order valence-electron chi connectivity index (χ2n) is 5.18. The van der Waals surface area contributed by atoms with E-state index in [-0.39, 0.29) is 5.63 Å². The number of benzene rings is 1. The molecular formula is C16H17NO3. The zero-order valence-corrected chi connectivity index (χ0v) is 11.9. The Kier molecular flexibility index (Phi) is 2.91. The molecule has 0 aliphatic carbocycles. The minimum atomic E-state index is -0.331. The van der Waals surface area contributed by atoms with Gasteiger partial charge in [-0.25, -0.2) is 4.79 Å². The van der Waals surface area contributed by atoms with Crippen LogP contribution in [0.2, 0.25) is 0 Å². The highest BCUT2D eigenvalue weighted by atomic mass is 16.4. The molecule has 0 aliphatic heterocycles. The third kappa shape index (κ3) is 1.76. The molecule has 0 radical (unpaired) electrons. The van der Waals surface area contributed by atoms with Crippen molar-refractivity contribution < 1.29 is 8.83 Å². The Balaban J connectivity index is 2.51. The van der Waals surface area contributed by atoms with E-state index in [9.17, 15) is 4.79 Å². The molecule has 0 aliphatic rings. The normalized spacial score (nSPS) is 11.6. The van der Waals surface area contributed by atoms with Crippen molar-refractivity contribution in [1.82, 2.24) is 0 Å². The van der Waals surface area contributed by atoms with Gasteiger partial charge in [0.2, 0.25) is 0 Å². The number of rotatable bonds is 2. The van der Waals surface area contributed by atoms with E-state index in [2.05, 4.69) is 0 Å². The molecular weight excluding hydrogens is 254 g/mol. The van der Waals surface area contributed by atoms with E-state index >= 15 is 0 Å². The third-order valence-electron chi connectivity index (χ3n) is 3.82. The molecule has 0 unspecified atom stereocenters. The van der Waals surface area contributed by atoms with Crippen molar-refractivity contribution in [2.75, 3.05) is 6.54 Å². The van der Waals surface area contributed by atoms with Crippen LogP contribution in [0.1, 0.15) is 22.5 Å². The fourth-order valence-corrected chi connectivity index (χ4v) is 2.81. The van der Waals surface area contributed by atoms with Gasteiger partial charge in [-0.1, -0.05) is 0 Å². The summed E-state index contributed by atoms with van der Waals surface area (Å²) in [7, 11) is 0. The van der Waals surface area contributed by atoms with E-state index in [0.29, 0.717) is 12.1 Å². The molecule has 0 atom stereocenters. The zero-order valence-electron chi connectivity index (χ0n) is 11.9. The van der Waals surface area contributed by atoms with Crippen molar-refractivity contribution in [3.05, 3.63) is 45.0 Å². The van der Waals surface area contributed by atoms with Gasteiger partial charge < -0.3 is 14.6 Å². The van der Waals surface area contributed by atoms with Gasteiger partial charge in [-0.15, -0.1) is 0 Å². The fourth-order valence-electron chi connectivity index (χ4n) is 2.81. The second kappa shape index (κ2) is 4.49. The predicted molar refractivity (Wildman–Crippen MR) is 79.2 cm³/mol. The fraction of sp³-hybridized carbons (Fsp3) is 0.312. The van der Waals surface area contributed by atoms with Gasteiger partial charge in [0.15, 0.2) is 0 Å². The van der Waals surface area contributed by atoms with Crippen LogP contribution in [0.15, 0.2) is 25.8 Å². The Morgan fingerprint density at radius 1 is 1.05 bits per heavy atom. The SMILES string of the molecule is Cc1oc2c(C)c3oc(=O)cc(C)c3cc2c1CCN. The van der Waals surface area contributed by atoms with Gasteiger partial charge in [0.05, 0.1) is 0 Å². The maximum atomic E-state index is 11.6. The van der Waals surface area contributed by atoms with Crippen LogP contribution < -0.4 is 11.4 Å². The molecule has 2 N–H and O–H groups in total. The quantitative estimate of drug-likeness (QED) is 0.727. The summed E-state index contributed by atoms with van der Waals surface area (Å²) in [6.45, 7) is 6.36. The van der Waals surface area contributed by atoms with E-state index in [4.69, 9.17) is 14.6 Å². The van der Waals surface area contributed by atoms with Crippen LogP contribution in [0.4, 0.5) is 0 Å². The lowest BCUT2D eigenvalue weighted by Gasteiger charge is -2.05. The maximum Gasteiger partial charge on any atom is 0.336 e. The molecule has 0 spiro atoms. The largest absolute Gasteiger partial charge is 0.461 e. The summed E-state index contributed by atoms with van der Waals surface area (Å²) >= 11 is 0. The molecule has 1 aromatic carbocycles. The van der Waals surface area contributed by atoms with Gasteiger partial charge in [-0.3, -0.25) is 0 Å². The third-order valence-corrected chi connectivity index (χ3v) is 3.82. The molecule has 2 heterocycles. The van der Waals surface area contributed by atoms with Gasteiger partial charge in [-0.2, -0.15) is 0 Å². The molecule has 3 aromatic rings. The Morgan fingerprint density at radius 3 is 2.45 bits per heavy atom. The van der Waals surface area contributed by atoms with Gasteiger partial charge in [0.25, 0.3) is 0 Å². The summed E-state index contributed by atoms with van der Waals surface area (Å²) in [4.78, 5) is 11.6. The highest BCUT2D eigenvalue weighted by molar-refractivity contribution is 5.99. The predicted octanol–water partition coefficient (Wildman–Crippen LogP) is 2.97. The molecule has 2 aromatic heterocycles. The molecule has 20 heavy (non-hydrogen) atoms. The molecule has 104 valence electrons. The van der Waals surface area contributed by atoms with E-state index in [1.165, 1.54) is 6.07 Å². The highest BCUT2D eigenvalue weighted by Crippen LogP contribution is 2.34. The van der Waals surface area contributed by atoms with Gasteiger partial charge in [0.1, 0.15) is 16.9 Å². The Morgan fingerprint density at radius 2 is 1.75 bits per heavy atom. The standard InChI is InChI=1S/C16H17NO3/c1-8-6-14(18)20-15-9(2)16-13(7-12(8)15)11(4-5-17)10(3)19-16/h6-7H,4-5,17H2,1-3H3. The summed E-state index contributed by atoms with van der Waals surface area (Å²) in [5.41, 5.74) is 9.66. The second-order valence-corrected chi connectivity index (χ2v) is 5.18. The Labute approximate surface area is 116 Å². The summed E-state index contributed by atoms with van der Waals surface area (Å²) < 4.78 is 11.2. The van der Waals surface area contributed by atoms with Crippen molar-refractivity contribution in [2.45, 2.75) is 27.2 Å². The van der Waals surface area contributed by atoms with E-state index < -0.39 is 0 Å². The van der Waals surface area contributed by atoms with Crippen molar-refractivity contribution in [1.29, 1.82) is 0 Å². The summed E-state index contributed by atoms with van der Waals surface area (Å²) in [6.07, 6.45) is 0.777. The minimum Gasteiger partial charge on any atom is -0.461 e. The minimum absolute atomic E-state index is 0.331. The lowest BCUT2D eigenvalue weighted by Crippen LogP contribution is -2.03. The molecule has 4 heteroatoms. The lowest BCUT2D eigenvalue weighted by molar-refractivity contribution is 0.550. The first-order chi connectivity index (χ1) is 9.52. The number of fused-ring (bicyclic) bond motifs is 2. The number of furan rings is 1. The van der Waals surface area contributed by atoms with Crippen LogP contribution in [0.25, 0.3) is 21.9 Å². The number of hydrogen-bond donors (Lipinski definition) is 1. The van der Waals surface area contributed by atoms with E-state index in [0.717, 1.165) is 45.2 Å². The van der Waals surface area contributed by atoms with E-state index in [1.807, 2.05) is 26.8 Å². The molecule has 0 amide bonds. The van der Waals surface area contributed by atoms with Gasteiger partial charge in [-0.05, 0) is 45.4 Å². The van der Waals surface area contributed by atoms with Crippen molar-refractivity contribution in [3.8, 4) is 0 Å². The lowest BCUT2D eigenvalue weighted by atomic mass is 10.0. The average molecular weight is 271 g/mol. The first kappa shape index (κ1) is 12.9. The van der Waals surface area contributed by atoms with Gasteiger partial charge >= 0.3 is 5.63 Å². The average Bonchev–Trinajstić information content (AvgIpc) is 2.70. The molecule has 0 saturated carbocycles. The molecule has 3 rings (SSSR count). The van der Waals surface area contributed by atoms with Crippen LogP contribution >= 0.6 is 0 Å². The number of hydrogen-bond acceptors (Lipinski definition) is 4. The van der Waals surface area contributed by atoms with E-state index in [1.54, 1.807) is 0 Å². The van der Waals surface area contributed by atoms with Crippen LogP contribution in [0.3, 0.4) is 0 Å². The smallest absolute Gasteiger partial charge is 0.336 e. The van der Waals surface area contributed by atoms with Crippen molar-refractivity contribution in [3.63, 3.8) is 0 Å². The van der Waals surface area contributed by atoms with Crippen LogP contribution in [0, 0.1) is 20.8 Å². The van der Waals surface area contributed by atoms with Crippen molar-refractivity contribution in [2.24, 2.45) is 5.73 Å². The molecule has 0 bridgehead atoms. The maximum absolute atomic E-state index is 11.6. The molecule has 0 saturated heterocycles. The first-order valence-corrected chi connectivity index (χ1v) is 6.69. The van der Waals surface area contributed by atoms with Crippen LogP contribution in [0.5, 0.6) is 0 Å². The summed E-state index contributed by atoms with van der Waals surface area (Å²) in [6, 6.07) is 3.56. The monoisotopic (exact) mass is 271 g/mol. The number of aryl methyl sites for hydroxylation is 3. The first-order valence-electron chi connectivity index (χ1n) is 6.69. The zero-order chi connectivity index (χ0) is 14.4. The summed E-state index contributed by atoms with van der Waals surface area (Å²) in [5.74, 6) is 0.879. The Hall–Kier alpha value is -2.07. The Bertz CT molecular complexity index is 871. The van der Waals surface area contributed by atoms with Crippen LogP contribution in [-0.2, 0) is 6.42 Å². The number of nitrogens with two attached hydrogens (primary N) is 1. The molecule has 4 nitrogen and oxygen atoms in total. The van der Waals surface area contributed by atoms with Crippen molar-refractivity contribution >= 4 is 21.9 Å². The molecule has 0 fully saturated rings. The highest BCUT2D eigenvalue weighted by Gasteiger charge is 2.17. The van der Waals surface area contributed by atoms with Gasteiger partial charge in [0, 0.05) is 28.0 Å².